The minimum atomic E-state index is -4.40. The van der Waals surface area contributed by atoms with Crippen molar-refractivity contribution in [3.05, 3.63) is 101 Å². The number of pyridine rings is 1. The highest BCUT2D eigenvalue weighted by atomic mass is 19.4. The summed E-state index contributed by atoms with van der Waals surface area (Å²) in [5, 5.41) is 0. The maximum Gasteiger partial charge on any atom is 0.416 e. The van der Waals surface area contributed by atoms with Gasteiger partial charge in [0.05, 0.1) is 17.2 Å². The van der Waals surface area contributed by atoms with Crippen molar-refractivity contribution in [2.75, 3.05) is 26.2 Å². The molecule has 3 aromatic rings. The molecule has 0 aliphatic carbocycles. The average Bonchev–Trinajstić information content (AvgIpc) is 2.80. The van der Waals surface area contributed by atoms with Gasteiger partial charge in [-0.3, -0.25) is 14.7 Å². The first-order valence-corrected chi connectivity index (χ1v) is 10.5. The molecule has 1 aromatic heterocycles. The van der Waals surface area contributed by atoms with Gasteiger partial charge in [0.1, 0.15) is 0 Å². The lowest BCUT2D eigenvalue weighted by atomic mass is 9.95. The fourth-order valence-corrected chi connectivity index (χ4v) is 4.17. The van der Waals surface area contributed by atoms with Crippen LogP contribution in [0.5, 0.6) is 0 Å². The lowest BCUT2D eigenvalue weighted by Crippen LogP contribution is -2.49. The summed E-state index contributed by atoms with van der Waals surface area (Å²) in [5.41, 5.74) is 2.33. The number of halogens is 3. The van der Waals surface area contributed by atoms with Gasteiger partial charge in [-0.1, -0.05) is 42.5 Å². The van der Waals surface area contributed by atoms with Crippen LogP contribution in [0.1, 0.15) is 38.7 Å². The summed E-state index contributed by atoms with van der Waals surface area (Å²) in [6.07, 6.45) is -1.13. The smallest absolute Gasteiger partial charge is 0.336 e. The van der Waals surface area contributed by atoms with Crippen LogP contribution in [0.15, 0.2) is 73.1 Å². The van der Waals surface area contributed by atoms with Crippen molar-refractivity contribution in [1.29, 1.82) is 0 Å². The second-order valence-corrected chi connectivity index (χ2v) is 8.02. The highest BCUT2D eigenvalue weighted by molar-refractivity contribution is 5.94. The molecule has 166 valence electrons. The van der Waals surface area contributed by atoms with Crippen LogP contribution in [0.3, 0.4) is 0 Å². The monoisotopic (exact) mass is 439 g/mol. The average molecular weight is 439 g/mol. The standard InChI is InChI=1S/C25H24F3N3O/c1-18-14-21(17-29-16-18)24(32)31-12-10-30(11-13-31)23(19-6-3-2-4-7-19)20-8-5-9-22(15-20)25(26,27)28/h2-9,14-17,23H,10-13H2,1H3. The Kier molecular flexibility index (Phi) is 6.28. The Bertz CT molecular complexity index is 1080. The summed E-state index contributed by atoms with van der Waals surface area (Å²) in [6.45, 7) is 3.99. The van der Waals surface area contributed by atoms with E-state index in [-0.39, 0.29) is 11.9 Å². The molecule has 0 saturated carbocycles. The zero-order valence-electron chi connectivity index (χ0n) is 17.7. The zero-order chi connectivity index (χ0) is 22.7. The minimum absolute atomic E-state index is 0.0730. The normalized spacial score (nSPS) is 16.1. The molecular formula is C25H24F3N3O. The van der Waals surface area contributed by atoms with Crippen LogP contribution in [0.4, 0.5) is 13.2 Å². The third kappa shape index (κ3) is 4.83. The Morgan fingerprint density at radius 1 is 0.906 bits per heavy atom. The van der Waals surface area contributed by atoms with Gasteiger partial charge >= 0.3 is 6.18 Å². The van der Waals surface area contributed by atoms with E-state index in [1.54, 1.807) is 23.4 Å². The Morgan fingerprint density at radius 3 is 2.25 bits per heavy atom. The van der Waals surface area contributed by atoms with Crippen molar-refractivity contribution >= 4 is 5.91 Å². The van der Waals surface area contributed by atoms with Gasteiger partial charge in [-0.15, -0.1) is 0 Å². The Morgan fingerprint density at radius 2 is 1.59 bits per heavy atom. The predicted octanol–water partition coefficient (Wildman–Crippen LogP) is 4.96. The molecule has 1 amide bonds. The molecule has 2 heterocycles. The van der Waals surface area contributed by atoms with Gasteiger partial charge in [0, 0.05) is 38.6 Å². The summed E-state index contributed by atoms with van der Waals surface area (Å²) in [4.78, 5) is 20.9. The van der Waals surface area contributed by atoms with Crippen LogP contribution in [-0.2, 0) is 6.18 Å². The molecule has 1 aliphatic heterocycles. The van der Waals surface area contributed by atoms with E-state index < -0.39 is 11.7 Å². The molecule has 1 unspecified atom stereocenters. The van der Waals surface area contributed by atoms with Crippen LogP contribution in [0.25, 0.3) is 0 Å². The Labute approximate surface area is 185 Å². The second kappa shape index (κ2) is 9.12. The quantitative estimate of drug-likeness (QED) is 0.577. The van der Waals surface area contributed by atoms with E-state index in [2.05, 4.69) is 9.88 Å². The summed E-state index contributed by atoms with van der Waals surface area (Å²) in [5.74, 6) is -0.0730. The van der Waals surface area contributed by atoms with E-state index in [1.807, 2.05) is 43.3 Å². The first-order chi connectivity index (χ1) is 15.3. The molecule has 0 spiro atoms. The van der Waals surface area contributed by atoms with E-state index >= 15 is 0 Å². The van der Waals surface area contributed by atoms with Gasteiger partial charge in [-0.2, -0.15) is 13.2 Å². The minimum Gasteiger partial charge on any atom is -0.336 e. The van der Waals surface area contributed by atoms with Crippen molar-refractivity contribution in [1.82, 2.24) is 14.8 Å². The summed E-state index contributed by atoms with van der Waals surface area (Å²) in [6, 6.07) is 16.5. The number of benzene rings is 2. The first kappa shape index (κ1) is 22.0. The molecule has 4 nitrogen and oxygen atoms in total. The Hall–Kier alpha value is -3.19. The number of aryl methyl sites for hydroxylation is 1. The number of amides is 1. The number of nitrogens with zero attached hydrogens (tertiary/aromatic N) is 3. The number of aromatic nitrogens is 1. The van der Waals surface area contributed by atoms with Crippen LogP contribution >= 0.6 is 0 Å². The fourth-order valence-electron chi connectivity index (χ4n) is 4.17. The highest BCUT2D eigenvalue weighted by Crippen LogP contribution is 2.35. The number of piperazine rings is 1. The molecule has 1 saturated heterocycles. The Balaban J connectivity index is 1.57. The van der Waals surface area contributed by atoms with Gasteiger partial charge in [-0.05, 0) is 41.8 Å². The first-order valence-electron chi connectivity index (χ1n) is 10.5. The molecule has 0 radical (unpaired) electrons. The maximum absolute atomic E-state index is 13.3. The molecule has 1 aliphatic rings. The van der Waals surface area contributed by atoms with Gasteiger partial charge in [0.25, 0.3) is 5.91 Å². The van der Waals surface area contributed by atoms with Gasteiger partial charge in [-0.25, -0.2) is 0 Å². The third-order valence-corrected chi connectivity index (χ3v) is 5.73. The fraction of sp³-hybridized carbons (Fsp3) is 0.280. The van der Waals surface area contributed by atoms with E-state index in [9.17, 15) is 18.0 Å². The highest BCUT2D eigenvalue weighted by Gasteiger charge is 2.33. The van der Waals surface area contributed by atoms with Gasteiger partial charge in [0.15, 0.2) is 0 Å². The molecule has 2 aromatic carbocycles. The number of rotatable bonds is 4. The topological polar surface area (TPSA) is 36.4 Å². The van der Waals surface area contributed by atoms with Crippen LogP contribution in [0, 0.1) is 6.92 Å². The molecular weight excluding hydrogens is 415 g/mol. The molecule has 1 fully saturated rings. The third-order valence-electron chi connectivity index (χ3n) is 5.73. The molecule has 32 heavy (non-hydrogen) atoms. The van der Waals surface area contributed by atoms with Crippen molar-refractivity contribution in [3.63, 3.8) is 0 Å². The number of hydrogen-bond donors (Lipinski definition) is 0. The van der Waals surface area contributed by atoms with Gasteiger partial charge < -0.3 is 4.90 Å². The van der Waals surface area contributed by atoms with E-state index in [0.29, 0.717) is 37.3 Å². The predicted molar refractivity (Wildman–Crippen MR) is 116 cm³/mol. The van der Waals surface area contributed by atoms with E-state index in [1.165, 1.54) is 12.1 Å². The second-order valence-electron chi connectivity index (χ2n) is 8.02. The summed E-state index contributed by atoms with van der Waals surface area (Å²) < 4.78 is 40.0. The number of carbonyl (C=O) groups excluding carboxylic acids is 1. The SMILES string of the molecule is Cc1cncc(C(=O)N2CCN(C(c3ccccc3)c3cccc(C(F)(F)F)c3)CC2)c1. The van der Waals surface area contributed by atoms with Crippen LogP contribution in [0.2, 0.25) is 0 Å². The molecule has 0 bridgehead atoms. The van der Waals surface area contributed by atoms with Crippen LogP contribution in [-0.4, -0.2) is 46.9 Å². The zero-order valence-corrected chi connectivity index (χ0v) is 17.7. The van der Waals surface area contributed by atoms with Crippen molar-refractivity contribution < 1.29 is 18.0 Å². The van der Waals surface area contributed by atoms with Crippen LogP contribution < -0.4 is 0 Å². The lowest BCUT2D eigenvalue weighted by molar-refractivity contribution is -0.137. The van der Waals surface area contributed by atoms with Crippen molar-refractivity contribution in [2.45, 2.75) is 19.1 Å². The van der Waals surface area contributed by atoms with E-state index in [0.717, 1.165) is 17.2 Å². The lowest BCUT2D eigenvalue weighted by Gasteiger charge is -2.40. The van der Waals surface area contributed by atoms with E-state index in [4.69, 9.17) is 0 Å². The maximum atomic E-state index is 13.3. The number of hydrogen-bond acceptors (Lipinski definition) is 3. The number of alkyl halides is 3. The number of carbonyl (C=O) groups is 1. The molecule has 7 heteroatoms. The largest absolute Gasteiger partial charge is 0.416 e. The molecule has 1 atom stereocenters. The van der Waals surface area contributed by atoms with Crippen molar-refractivity contribution in [2.24, 2.45) is 0 Å². The van der Waals surface area contributed by atoms with Crippen molar-refractivity contribution in [3.8, 4) is 0 Å². The molecule has 0 N–H and O–H groups in total. The molecule has 4 rings (SSSR count). The summed E-state index contributed by atoms with van der Waals surface area (Å²) in [7, 11) is 0. The summed E-state index contributed by atoms with van der Waals surface area (Å²) >= 11 is 0. The van der Waals surface area contributed by atoms with Gasteiger partial charge in [0.2, 0.25) is 0 Å².